The molecule has 3 heteroatoms. The van der Waals surface area contributed by atoms with Crippen molar-refractivity contribution < 1.29 is 4.79 Å². The quantitative estimate of drug-likeness (QED) is 0.573. The lowest BCUT2D eigenvalue weighted by molar-refractivity contribution is 0.242. The van der Waals surface area contributed by atoms with Crippen LogP contribution in [0, 0.1) is 0 Å². The van der Waals surface area contributed by atoms with Crippen molar-refractivity contribution in [2.75, 3.05) is 5.32 Å². The molecule has 27 heavy (non-hydrogen) atoms. The van der Waals surface area contributed by atoms with Gasteiger partial charge in [0.25, 0.3) is 0 Å². The maximum Gasteiger partial charge on any atom is 0.319 e. The van der Waals surface area contributed by atoms with E-state index in [4.69, 9.17) is 0 Å². The lowest BCUT2D eigenvalue weighted by Crippen LogP contribution is -2.43. The number of carbonyl (C=O) groups excluding carboxylic acids is 1. The Labute approximate surface area is 163 Å². The Kier molecular flexibility index (Phi) is 6.62. The van der Waals surface area contributed by atoms with Gasteiger partial charge in [-0.1, -0.05) is 62.4 Å². The largest absolute Gasteiger partial charge is 0.329 e. The van der Waals surface area contributed by atoms with E-state index in [0.717, 1.165) is 46.4 Å². The number of hydrogen-bond donors (Lipinski definition) is 2. The fraction of sp³-hybridized carbons (Fsp3) is 0.292. The predicted molar refractivity (Wildman–Crippen MR) is 117 cm³/mol. The summed E-state index contributed by atoms with van der Waals surface area (Å²) in [6.07, 6.45) is 2.00. The highest BCUT2D eigenvalue weighted by atomic mass is 16.2. The Morgan fingerprint density at radius 2 is 1.70 bits per heavy atom. The van der Waals surface area contributed by atoms with Crippen LogP contribution in [0.1, 0.15) is 57.2 Å². The van der Waals surface area contributed by atoms with E-state index in [2.05, 4.69) is 36.8 Å². The molecule has 0 aliphatic heterocycles. The summed E-state index contributed by atoms with van der Waals surface area (Å²) in [5.74, 6) is 0. The molecule has 2 aromatic carbocycles. The highest BCUT2D eigenvalue weighted by Gasteiger charge is 2.23. The zero-order chi connectivity index (χ0) is 20.0. The molecule has 0 radical (unpaired) electrons. The van der Waals surface area contributed by atoms with Gasteiger partial charge in [0.2, 0.25) is 0 Å². The standard InChI is InChI=1S/C24H30N2O/c1-7-10-18(4)20-12-9-14-22(16-20)25-23(27)26-24(5,6)21-13-8-11-19(15-21)17(2)3/h8-9,11-16H,2,4,7,10H2,1,3,5-6H3,(H2,25,26,27). The molecule has 2 N–H and O–H groups in total. The van der Waals surface area contributed by atoms with Crippen molar-refractivity contribution >= 4 is 22.9 Å². The number of rotatable bonds is 7. The zero-order valence-electron chi connectivity index (χ0n) is 16.9. The van der Waals surface area contributed by atoms with Crippen LogP contribution in [0.2, 0.25) is 0 Å². The van der Waals surface area contributed by atoms with Crippen LogP contribution in [0.15, 0.2) is 61.7 Å². The highest BCUT2D eigenvalue weighted by molar-refractivity contribution is 5.90. The number of carbonyl (C=O) groups is 1. The smallest absolute Gasteiger partial charge is 0.319 e. The first-order chi connectivity index (χ1) is 12.7. The molecule has 0 saturated carbocycles. The van der Waals surface area contributed by atoms with Crippen LogP contribution < -0.4 is 10.6 Å². The highest BCUT2D eigenvalue weighted by Crippen LogP contribution is 2.24. The molecule has 0 bridgehead atoms. The Hall–Kier alpha value is -2.81. The Morgan fingerprint density at radius 3 is 2.37 bits per heavy atom. The summed E-state index contributed by atoms with van der Waals surface area (Å²) < 4.78 is 0. The van der Waals surface area contributed by atoms with Crippen LogP contribution in [0.4, 0.5) is 10.5 Å². The molecule has 0 heterocycles. The van der Waals surface area contributed by atoms with Gasteiger partial charge in [0.1, 0.15) is 0 Å². The molecule has 0 spiro atoms. The lowest BCUT2D eigenvalue weighted by atomic mass is 9.92. The number of hydrogen-bond acceptors (Lipinski definition) is 1. The van der Waals surface area contributed by atoms with Gasteiger partial charge < -0.3 is 10.6 Å². The van der Waals surface area contributed by atoms with E-state index in [-0.39, 0.29) is 6.03 Å². The van der Waals surface area contributed by atoms with Crippen molar-refractivity contribution in [2.45, 2.75) is 46.1 Å². The fourth-order valence-electron chi connectivity index (χ4n) is 2.95. The molecule has 0 atom stereocenters. The van der Waals surface area contributed by atoms with Crippen LogP contribution in [-0.4, -0.2) is 6.03 Å². The molecule has 2 rings (SSSR count). The average Bonchev–Trinajstić information content (AvgIpc) is 2.61. The van der Waals surface area contributed by atoms with Gasteiger partial charge in [-0.2, -0.15) is 0 Å². The minimum Gasteiger partial charge on any atom is -0.329 e. The van der Waals surface area contributed by atoms with Gasteiger partial charge in [0, 0.05) is 5.69 Å². The molecule has 0 saturated heterocycles. The van der Waals surface area contributed by atoms with Crippen LogP contribution >= 0.6 is 0 Å². The summed E-state index contributed by atoms with van der Waals surface area (Å²) in [4.78, 5) is 12.6. The molecule has 2 amide bonds. The zero-order valence-corrected chi connectivity index (χ0v) is 16.9. The van der Waals surface area contributed by atoms with Crippen molar-refractivity contribution in [1.82, 2.24) is 5.32 Å². The first-order valence-corrected chi connectivity index (χ1v) is 9.36. The van der Waals surface area contributed by atoms with Gasteiger partial charge in [0.05, 0.1) is 5.54 Å². The van der Waals surface area contributed by atoms with Crippen LogP contribution in [0.25, 0.3) is 11.1 Å². The molecular formula is C24H30N2O. The maximum atomic E-state index is 12.6. The topological polar surface area (TPSA) is 41.1 Å². The minimum atomic E-state index is -0.515. The van der Waals surface area contributed by atoms with E-state index in [0.29, 0.717) is 0 Å². The van der Waals surface area contributed by atoms with Crippen LogP contribution in [0.3, 0.4) is 0 Å². The van der Waals surface area contributed by atoms with E-state index in [1.165, 1.54) is 0 Å². The monoisotopic (exact) mass is 362 g/mol. The second-order valence-corrected chi connectivity index (χ2v) is 7.50. The lowest BCUT2D eigenvalue weighted by Gasteiger charge is -2.27. The molecule has 2 aromatic rings. The summed E-state index contributed by atoms with van der Waals surface area (Å²) in [5.41, 5.74) is 5.49. The van der Waals surface area contributed by atoms with Crippen LogP contribution in [0.5, 0.6) is 0 Å². The maximum absolute atomic E-state index is 12.6. The molecule has 0 aromatic heterocycles. The van der Waals surface area contributed by atoms with Gasteiger partial charge in [-0.15, -0.1) is 0 Å². The Balaban J connectivity index is 2.10. The summed E-state index contributed by atoms with van der Waals surface area (Å²) in [7, 11) is 0. The van der Waals surface area contributed by atoms with Crippen molar-refractivity contribution in [1.29, 1.82) is 0 Å². The molecule has 0 unspecified atom stereocenters. The van der Waals surface area contributed by atoms with Gasteiger partial charge in [0.15, 0.2) is 0 Å². The summed E-state index contributed by atoms with van der Waals surface area (Å²) in [5, 5.41) is 5.99. The fourth-order valence-corrected chi connectivity index (χ4v) is 2.95. The van der Waals surface area contributed by atoms with Crippen molar-refractivity contribution in [3.8, 4) is 0 Å². The number of urea groups is 1. The molecule has 3 nitrogen and oxygen atoms in total. The average molecular weight is 363 g/mol. The number of benzene rings is 2. The van der Waals surface area contributed by atoms with Crippen molar-refractivity contribution in [2.24, 2.45) is 0 Å². The molecule has 0 fully saturated rings. The Morgan fingerprint density at radius 1 is 1.04 bits per heavy atom. The van der Waals surface area contributed by atoms with Gasteiger partial charge in [-0.05, 0) is 67.7 Å². The number of anilines is 1. The van der Waals surface area contributed by atoms with Gasteiger partial charge in [-0.25, -0.2) is 4.79 Å². The van der Waals surface area contributed by atoms with Crippen molar-refractivity contribution in [3.63, 3.8) is 0 Å². The van der Waals surface area contributed by atoms with Gasteiger partial charge >= 0.3 is 6.03 Å². The minimum absolute atomic E-state index is 0.237. The third-order valence-corrected chi connectivity index (χ3v) is 4.58. The Bertz CT molecular complexity index is 849. The molecular weight excluding hydrogens is 332 g/mol. The normalized spacial score (nSPS) is 11.0. The number of allylic oxidation sites excluding steroid dienone is 2. The molecule has 142 valence electrons. The third-order valence-electron chi connectivity index (χ3n) is 4.58. The summed E-state index contributed by atoms with van der Waals surface area (Å²) in [6.45, 7) is 16.2. The van der Waals surface area contributed by atoms with Gasteiger partial charge in [-0.3, -0.25) is 0 Å². The first-order valence-electron chi connectivity index (χ1n) is 9.36. The third kappa shape index (κ3) is 5.58. The molecule has 0 aliphatic carbocycles. The first kappa shape index (κ1) is 20.5. The SMILES string of the molecule is C=C(C)c1cccc(C(C)(C)NC(=O)Nc2cccc(C(=C)CCC)c2)c1. The van der Waals surface area contributed by atoms with E-state index in [1.54, 1.807) is 0 Å². The summed E-state index contributed by atoms with van der Waals surface area (Å²) >= 11 is 0. The second-order valence-electron chi connectivity index (χ2n) is 7.50. The van der Waals surface area contributed by atoms with Crippen molar-refractivity contribution in [3.05, 3.63) is 78.4 Å². The predicted octanol–water partition coefficient (Wildman–Crippen LogP) is 6.59. The van der Waals surface area contributed by atoms with E-state index < -0.39 is 5.54 Å². The van der Waals surface area contributed by atoms with E-state index in [9.17, 15) is 4.79 Å². The number of nitrogens with one attached hydrogen (secondary N) is 2. The van der Waals surface area contributed by atoms with Crippen LogP contribution in [-0.2, 0) is 5.54 Å². The molecule has 0 aliphatic rings. The van der Waals surface area contributed by atoms with E-state index in [1.807, 2.05) is 63.2 Å². The van der Waals surface area contributed by atoms with E-state index >= 15 is 0 Å². The number of amides is 2. The summed E-state index contributed by atoms with van der Waals surface area (Å²) in [6, 6.07) is 15.7. The second kappa shape index (κ2) is 8.72.